The third-order valence-electron chi connectivity index (χ3n) is 4.89. The van der Waals surface area contributed by atoms with Crippen LogP contribution in [0.5, 0.6) is 11.5 Å². The minimum Gasteiger partial charge on any atom is -0.490 e. The molecule has 0 bridgehead atoms. The van der Waals surface area contributed by atoms with Gasteiger partial charge in [-0.25, -0.2) is 4.63 Å². The van der Waals surface area contributed by atoms with E-state index in [9.17, 15) is 4.79 Å². The summed E-state index contributed by atoms with van der Waals surface area (Å²) in [7, 11) is 1.51. The molecule has 1 amide bonds. The lowest BCUT2D eigenvalue weighted by atomic mass is 9.74. The fraction of sp³-hybridized carbons (Fsp3) is 0.409. The second-order valence-electron chi connectivity index (χ2n) is 6.95. The first kappa shape index (κ1) is 21.6. The Balaban J connectivity index is 2.08. The van der Waals surface area contributed by atoms with Gasteiger partial charge in [-0.2, -0.15) is 0 Å². The number of carbonyl (C=O) groups excluding carboxylic acids is 1. The molecule has 30 heavy (non-hydrogen) atoms. The number of methoxy groups -OCH3 is 1. The first-order valence-corrected chi connectivity index (χ1v) is 10.00. The number of carbonyl (C=O) groups is 1. The molecule has 0 spiro atoms. The number of benzene rings is 1. The predicted molar refractivity (Wildman–Crippen MR) is 111 cm³/mol. The van der Waals surface area contributed by atoms with Crippen molar-refractivity contribution in [2.45, 2.75) is 38.2 Å². The number of hydrogen-bond acceptors (Lipinski definition) is 7. The average molecular weight is 413 g/mol. The van der Waals surface area contributed by atoms with Crippen LogP contribution in [0.1, 0.15) is 32.4 Å². The van der Waals surface area contributed by atoms with Gasteiger partial charge in [-0.3, -0.25) is 4.79 Å². The van der Waals surface area contributed by atoms with Gasteiger partial charge < -0.3 is 19.9 Å². The molecule has 2 unspecified atom stereocenters. The van der Waals surface area contributed by atoms with Crippen molar-refractivity contribution in [1.29, 1.82) is 0 Å². The van der Waals surface area contributed by atoms with Gasteiger partial charge in [-0.15, -0.1) is 0 Å². The molecule has 8 nitrogen and oxygen atoms in total. The molecule has 2 N–H and O–H groups in total. The van der Waals surface area contributed by atoms with Gasteiger partial charge in [0.1, 0.15) is 16.8 Å². The third kappa shape index (κ3) is 3.95. The van der Waals surface area contributed by atoms with Crippen LogP contribution in [0, 0.1) is 0 Å². The van der Waals surface area contributed by atoms with Gasteiger partial charge in [0.25, 0.3) is 0 Å². The smallest absolute Gasteiger partial charge is 0.236 e. The largest absolute Gasteiger partial charge is 0.490 e. The normalized spacial score (nSPS) is 20.3. The molecular formula is C22H27N3O5. The summed E-state index contributed by atoms with van der Waals surface area (Å²) in [5, 5.41) is 8.11. The molecule has 1 aliphatic carbocycles. The fourth-order valence-electron chi connectivity index (χ4n) is 3.40. The monoisotopic (exact) mass is 413 g/mol. The Morgan fingerprint density at radius 1 is 1.13 bits per heavy atom. The second kappa shape index (κ2) is 9.58. The van der Waals surface area contributed by atoms with Gasteiger partial charge >= 0.3 is 0 Å². The van der Waals surface area contributed by atoms with Crippen LogP contribution < -0.4 is 15.2 Å². The molecule has 0 aliphatic heterocycles. The molecule has 0 radical (unpaired) electrons. The van der Waals surface area contributed by atoms with Gasteiger partial charge in [0.15, 0.2) is 11.5 Å². The Bertz CT molecular complexity index is 937. The Morgan fingerprint density at radius 3 is 2.53 bits per heavy atom. The van der Waals surface area contributed by atoms with E-state index < -0.39 is 17.4 Å². The lowest BCUT2D eigenvalue weighted by Crippen LogP contribution is -2.50. The number of nitrogens with zero attached hydrogens (tertiary/aromatic N) is 2. The van der Waals surface area contributed by atoms with Gasteiger partial charge in [0.05, 0.1) is 19.3 Å². The van der Waals surface area contributed by atoms with Crippen molar-refractivity contribution in [3.8, 4) is 22.8 Å². The van der Waals surface area contributed by atoms with Crippen LogP contribution in [-0.2, 0) is 14.9 Å². The van der Waals surface area contributed by atoms with E-state index in [1.165, 1.54) is 7.11 Å². The summed E-state index contributed by atoms with van der Waals surface area (Å²) in [5.41, 5.74) is 5.81. The maximum absolute atomic E-state index is 12.6. The molecule has 1 aromatic heterocycles. The van der Waals surface area contributed by atoms with Crippen LogP contribution in [-0.4, -0.2) is 42.6 Å². The summed E-state index contributed by atoms with van der Waals surface area (Å²) < 4.78 is 22.2. The van der Waals surface area contributed by atoms with Crippen LogP contribution >= 0.6 is 0 Å². The predicted octanol–water partition coefficient (Wildman–Crippen LogP) is 3.18. The van der Waals surface area contributed by atoms with Crippen molar-refractivity contribution in [2.75, 3.05) is 20.3 Å². The molecule has 1 aliphatic rings. The zero-order valence-corrected chi connectivity index (χ0v) is 17.5. The summed E-state index contributed by atoms with van der Waals surface area (Å²) in [6, 6.07) is 5.45. The van der Waals surface area contributed by atoms with E-state index in [1.807, 2.05) is 32.0 Å². The van der Waals surface area contributed by atoms with Crippen molar-refractivity contribution in [3.05, 3.63) is 48.2 Å². The van der Waals surface area contributed by atoms with Gasteiger partial charge in [0, 0.05) is 12.7 Å². The number of aromatic nitrogens is 2. The molecular weight excluding hydrogens is 386 g/mol. The summed E-state index contributed by atoms with van der Waals surface area (Å²) in [6.45, 7) is 5.19. The molecule has 0 saturated heterocycles. The lowest BCUT2D eigenvalue weighted by molar-refractivity contribution is -0.125. The van der Waals surface area contributed by atoms with Gasteiger partial charge in [0.2, 0.25) is 5.91 Å². The van der Waals surface area contributed by atoms with Crippen molar-refractivity contribution in [3.63, 3.8) is 0 Å². The number of nitrogens with two attached hydrogens (primary N) is 1. The topological polar surface area (TPSA) is 110 Å². The van der Waals surface area contributed by atoms with E-state index in [4.69, 9.17) is 24.6 Å². The highest BCUT2D eigenvalue weighted by molar-refractivity contribution is 5.92. The average Bonchev–Trinajstić information content (AvgIpc) is 3.26. The van der Waals surface area contributed by atoms with Crippen molar-refractivity contribution in [1.82, 2.24) is 10.3 Å². The SMILES string of the molecule is CCCOc1ccc(-c2nonc2C2(C(N)=O)C=CC=CC2OC)cc1OCCC. The maximum Gasteiger partial charge on any atom is 0.236 e. The van der Waals surface area contributed by atoms with Gasteiger partial charge in [-0.1, -0.05) is 43.3 Å². The molecule has 1 heterocycles. The van der Waals surface area contributed by atoms with E-state index in [2.05, 4.69) is 10.3 Å². The van der Waals surface area contributed by atoms with Crippen molar-refractivity contribution >= 4 is 5.91 Å². The highest BCUT2D eigenvalue weighted by atomic mass is 16.6. The number of primary amides is 1. The van der Waals surface area contributed by atoms with Gasteiger partial charge in [-0.05, 0) is 36.2 Å². The fourth-order valence-corrected chi connectivity index (χ4v) is 3.40. The van der Waals surface area contributed by atoms with Crippen molar-refractivity contribution < 1.29 is 23.6 Å². The first-order valence-electron chi connectivity index (χ1n) is 10.00. The molecule has 0 fully saturated rings. The molecule has 2 aromatic rings. The van der Waals surface area contributed by atoms with E-state index >= 15 is 0 Å². The Hall–Kier alpha value is -3.13. The summed E-state index contributed by atoms with van der Waals surface area (Å²) in [5.74, 6) is 0.622. The van der Waals surface area contributed by atoms with E-state index in [0.29, 0.717) is 36.0 Å². The number of allylic oxidation sites excluding steroid dienone is 2. The molecule has 0 saturated carbocycles. The number of ether oxygens (including phenoxy) is 3. The summed E-state index contributed by atoms with van der Waals surface area (Å²) >= 11 is 0. The standard InChI is InChI=1S/C22H27N3O5/c1-4-12-28-16-10-9-15(14-17(16)29-13-5-2)19-20(25-30-24-19)22(21(23)26)11-7-6-8-18(22)27-3/h6-11,14,18H,4-5,12-13H2,1-3H3,(H2,23,26). The number of rotatable bonds is 10. The lowest BCUT2D eigenvalue weighted by Gasteiger charge is -2.33. The summed E-state index contributed by atoms with van der Waals surface area (Å²) in [6.07, 6.45) is 8.03. The third-order valence-corrected chi connectivity index (χ3v) is 4.89. The Labute approximate surface area is 175 Å². The number of hydrogen-bond donors (Lipinski definition) is 1. The second-order valence-corrected chi connectivity index (χ2v) is 6.95. The van der Waals surface area contributed by atoms with E-state index in [1.54, 1.807) is 24.3 Å². The quantitative estimate of drug-likeness (QED) is 0.637. The summed E-state index contributed by atoms with van der Waals surface area (Å²) in [4.78, 5) is 12.6. The minimum absolute atomic E-state index is 0.283. The van der Waals surface area contributed by atoms with E-state index in [0.717, 1.165) is 12.8 Å². The van der Waals surface area contributed by atoms with Crippen LogP contribution in [0.3, 0.4) is 0 Å². The highest BCUT2D eigenvalue weighted by Crippen LogP contribution is 2.40. The minimum atomic E-state index is -1.35. The number of amides is 1. The molecule has 2 atom stereocenters. The van der Waals surface area contributed by atoms with Crippen LogP contribution in [0.25, 0.3) is 11.3 Å². The Morgan fingerprint density at radius 2 is 1.87 bits per heavy atom. The molecule has 3 rings (SSSR count). The van der Waals surface area contributed by atoms with Crippen LogP contribution in [0.2, 0.25) is 0 Å². The Kier molecular flexibility index (Phi) is 6.89. The molecule has 1 aromatic carbocycles. The van der Waals surface area contributed by atoms with E-state index in [-0.39, 0.29) is 5.69 Å². The zero-order chi connectivity index (χ0) is 21.6. The molecule has 8 heteroatoms. The van der Waals surface area contributed by atoms with Crippen LogP contribution in [0.15, 0.2) is 47.1 Å². The highest BCUT2D eigenvalue weighted by Gasteiger charge is 2.49. The first-order chi connectivity index (χ1) is 14.6. The van der Waals surface area contributed by atoms with Crippen LogP contribution in [0.4, 0.5) is 0 Å². The zero-order valence-electron chi connectivity index (χ0n) is 17.5. The van der Waals surface area contributed by atoms with Crippen molar-refractivity contribution in [2.24, 2.45) is 5.73 Å². The maximum atomic E-state index is 12.6. The molecule has 160 valence electrons.